The minimum atomic E-state index is -0.393. The quantitative estimate of drug-likeness (QED) is 0.550. The fraction of sp³-hybridized carbons (Fsp3) is 0.150. The summed E-state index contributed by atoms with van der Waals surface area (Å²) in [5.41, 5.74) is 2.19. The molecule has 1 heterocycles. The van der Waals surface area contributed by atoms with Gasteiger partial charge in [-0.15, -0.1) is 11.8 Å². The third-order valence-electron chi connectivity index (χ3n) is 3.99. The van der Waals surface area contributed by atoms with E-state index in [0.717, 1.165) is 16.0 Å². The van der Waals surface area contributed by atoms with Crippen LogP contribution in [0.2, 0.25) is 0 Å². The van der Waals surface area contributed by atoms with Crippen molar-refractivity contribution in [2.75, 3.05) is 6.26 Å². The molecule has 2 aromatic carbocycles. The van der Waals surface area contributed by atoms with Crippen molar-refractivity contribution in [2.24, 2.45) is 0 Å². The Hall–Kier alpha value is -3.06. The Morgan fingerprint density at radius 1 is 0.926 bits per heavy atom. The van der Waals surface area contributed by atoms with E-state index < -0.39 is 5.91 Å². The molecule has 138 valence electrons. The zero-order valence-corrected chi connectivity index (χ0v) is 15.7. The number of hydrogen-bond donors (Lipinski definition) is 3. The van der Waals surface area contributed by atoms with Gasteiger partial charge < -0.3 is 15.6 Å². The maximum atomic E-state index is 12.4. The van der Waals surface area contributed by atoms with Crippen LogP contribution in [0.4, 0.5) is 0 Å². The molecular formula is C20H20N4O2S. The van der Waals surface area contributed by atoms with Gasteiger partial charge in [-0.05, 0) is 29.5 Å². The molecule has 3 rings (SSSR count). The summed E-state index contributed by atoms with van der Waals surface area (Å²) >= 11 is 1.66. The highest BCUT2D eigenvalue weighted by atomic mass is 32.2. The molecule has 0 spiro atoms. The van der Waals surface area contributed by atoms with E-state index in [0.29, 0.717) is 13.1 Å². The number of imidazole rings is 1. The predicted octanol–water partition coefficient (Wildman–Crippen LogP) is 2.99. The first-order valence-corrected chi connectivity index (χ1v) is 9.66. The highest BCUT2D eigenvalue weighted by Gasteiger charge is 2.20. The lowest BCUT2D eigenvalue weighted by Gasteiger charge is -2.07. The summed E-state index contributed by atoms with van der Waals surface area (Å²) in [5.74, 6) is -0.763. The van der Waals surface area contributed by atoms with Crippen molar-refractivity contribution >= 4 is 23.6 Å². The van der Waals surface area contributed by atoms with E-state index in [2.05, 4.69) is 20.6 Å². The van der Waals surface area contributed by atoms with E-state index in [4.69, 9.17) is 0 Å². The lowest BCUT2D eigenvalue weighted by molar-refractivity contribution is 0.0911. The van der Waals surface area contributed by atoms with Crippen molar-refractivity contribution in [3.05, 3.63) is 83.4 Å². The normalized spacial score (nSPS) is 10.4. The lowest BCUT2D eigenvalue weighted by Crippen LogP contribution is -2.29. The standard InChI is InChI=1S/C20H20N4O2S/c1-27-16-9-7-15(8-10-16)12-22-20(26)18-17(23-13-24-18)19(25)21-11-14-5-3-2-4-6-14/h2-10,13H,11-12H2,1H3,(H,21,25)(H,22,26)(H,23,24). The predicted molar refractivity (Wildman–Crippen MR) is 106 cm³/mol. The van der Waals surface area contributed by atoms with Crippen LogP contribution in [-0.4, -0.2) is 28.0 Å². The lowest BCUT2D eigenvalue weighted by atomic mass is 10.2. The van der Waals surface area contributed by atoms with Crippen molar-refractivity contribution in [2.45, 2.75) is 18.0 Å². The molecule has 27 heavy (non-hydrogen) atoms. The number of carbonyl (C=O) groups is 2. The minimum Gasteiger partial charge on any atom is -0.347 e. The second-order valence-electron chi connectivity index (χ2n) is 5.83. The minimum absolute atomic E-state index is 0.0845. The molecular weight excluding hydrogens is 360 g/mol. The number of thioether (sulfide) groups is 1. The fourth-order valence-electron chi connectivity index (χ4n) is 2.52. The van der Waals surface area contributed by atoms with Gasteiger partial charge in [0.2, 0.25) is 0 Å². The molecule has 0 fully saturated rings. The van der Waals surface area contributed by atoms with Crippen molar-refractivity contribution in [3.63, 3.8) is 0 Å². The first-order valence-electron chi connectivity index (χ1n) is 8.44. The van der Waals surface area contributed by atoms with Gasteiger partial charge in [0.15, 0.2) is 5.69 Å². The summed E-state index contributed by atoms with van der Waals surface area (Å²) in [7, 11) is 0. The Morgan fingerprint density at radius 3 is 2.22 bits per heavy atom. The number of rotatable bonds is 7. The molecule has 0 unspecified atom stereocenters. The number of H-pyrrole nitrogens is 1. The van der Waals surface area contributed by atoms with Crippen LogP contribution in [0.3, 0.4) is 0 Å². The third kappa shape index (κ3) is 4.98. The summed E-state index contributed by atoms with van der Waals surface area (Å²) in [5, 5.41) is 5.59. The highest BCUT2D eigenvalue weighted by Crippen LogP contribution is 2.14. The number of aromatic amines is 1. The van der Waals surface area contributed by atoms with Crippen LogP contribution in [0.1, 0.15) is 32.1 Å². The van der Waals surface area contributed by atoms with Gasteiger partial charge in [-0.2, -0.15) is 0 Å². The van der Waals surface area contributed by atoms with Crippen molar-refractivity contribution in [1.29, 1.82) is 0 Å². The zero-order valence-electron chi connectivity index (χ0n) is 14.9. The summed E-state index contributed by atoms with van der Waals surface area (Å²) in [6.45, 7) is 0.743. The van der Waals surface area contributed by atoms with Gasteiger partial charge in [-0.3, -0.25) is 9.59 Å². The van der Waals surface area contributed by atoms with Gasteiger partial charge >= 0.3 is 0 Å². The van der Waals surface area contributed by atoms with Crippen molar-refractivity contribution in [3.8, 4) is 0 Å². The van der Waals surface area contributed by atoms with Gasteiger partial charge in [0.1, 0.15) is 5.69 Å². The molecule has 3 N–H and O–H groups in total. The number of carbonyl (C=O) groups excluding carboxylic acids is 2. The maximum absolute atomic E-state index is 12.4. The van der Waals surface area contributed by atoms with Crippen LogP contribution in [0.5, 0.6) is 0 Å². The third-order valence-corrected chi connectivity index (χ3v) is 4.73. The van der Waals surface area contributed by atoms with Crippen molar-refractivity contribution in [1.82, 2.24) is 20.6 Å². The van der Waals surface area contributed by atoms with Crippen LogP contribution < -0.4 is 10.6 Å². The van der Waals surface area contributed by atoms with Crippen LogP contribution in [-0.2, 0) is 13.1 Å². The van der Waals surface area contributed by atoms with Crippen LogP contribution in [0.15, 0.2) is 65.8 Å². The molecule has 0 saturated heterocycles. The van der Waals surface area contributed by atoms with Gasteiger partial charge in [-0.1, -0.05) is 42.5 Å². The number of hydrogen-bond acceptors (Lipinski definition) is 4. The molecule has 6 nitrogen and oxygen atoms in total. The molecule has 0 radical (unpaired) electrons. The summed E-state index contributed by atoms with van der Waals surface area (Å²) < 4.78 is 0. The number of amides is 2. The molecule has 2 amide bonds. The van der Waals surface area contributed by atoms with Gasteiger partial charge in [-0.25, -0.2) is 4.98 Å². The second-order valence-corrected chi connectivity index (χ2v) is 6.70. The summed E-state index contributed by atoms with van der Waals surface area (Å²) in [6.07, 6.45) is 3.36. The van der Waals surface area contributed by atoms with Crippen molar-refractivity contribution < 1.29 is 9.59 Å². The monoisotopic (exact) mass is 380 g/mol. The van der Waals surface area contributed by atoms with Crippen LogP contribution in [0, 0.1) is 0 Å². The molecule has 1 aromatic heterocycles. The number of nitrogens with one attached hydrogen (secondary N) is 3. The van der Waals surface area contributed by atoms with Gasteiger partial charge in [0, 0.05) is 18.0 Å². The Morgan fingerprint density at radius 2 is 1.56 bits per heavy atom. The summed E-state index contributed by atoms with van der Waals surface area (Å²) in [4.78, 5) is 32.7. The average Bonchev–Trinajstić information content (AvgIpc) is 3.21. The fourth-order valence-corrected chi connectivity index (χ4v) is 2.92. The van der Waals surface area contributed by atoms with E-state index in [9.17, 15) is 9.59 Å². The second kappa shape index (κ2) is 9.05. The zero-order chi connectivity index (χ0) is 19.1. The molecule has 0 aliphatic rings. The number of aromatic nitrogens is 2. The number of nitrogens with zero attached hydrogens (tertiary/aromatic N) is 1. The van der Waals surface area contributed by atoms with Crippen LogP contribution in [0.25, 0.3) is 0 Å². The Labute approximate surface area is 161 Å². The van der Waals surface area contributed by atoms with E-state index in [1.165, 1.54) is 6.33 Å². The molecule has 0 aliphatic heterocycles. The molecule has 7 heteroatoms. The van der Waals surface area contributed by atoms with E-state index in [1.807, 2.05) is 60.9 Å². The Balaban J connectivity index is 1.59. The molecule has 0 aliphatic carbocycles. The molecule has 0 atom stereocenters. The Kier molecular flexibility index (Phi) is 6.27. The first kappa shape index (κ1) is 18.7. The van der Waals surface area contributed by atoms with Crippen LogP contribution >= 0.6 is 11.8 Å². The smallest absolute Gasteiger partial charge is 0.272 e. The van der Waals surface area contributed by atoms with Gasteiger partial charge in [0.05, 0.1) is 6.33 Å². The number of benzene rings is 2. The SMILES string of the molecule is CSc1ccc(CNC(=O)c2nc[nH]c2C(=O)NCc2ccccc2)cc1. The molecule has 3 aromatic rings. The Bertz CT molecular complexity index is 907. The summed E-state index contributed by atoms with van der Waals surface area (Å²) in [6, 6.07) is 17.5. The van der Waals surface area contributed by atoms with E-state index in [1.54, 1.807) is 11.8 Å². The maximum Gasteiger partial charge on any atom is 0.272 e. The highest BCUT2D eigenvalue weighted by molar-refractivity contribution is 7.98. The molecule has 0 bridgehead atoms. The average molecular weight is 380 g/mol. The molecule has 0 saturated carbocycles. The largest absolute Gasteiger partial charge is 0.347 e. The van der Waals surface area contributed by atoms with Gasteiger partial charge in [0.25, 0.3) is 11.8 Å². The van der Waals surface area contributed by atoms with E-state index in [-0.39, 0.29) is 17.3 Å². The van der Waals surface area contributed by atoms with E-state index >= 15 is 0 Å². The topological polar surface area (TPSA) is 86.9 Å². The first-order chi connectivity index (χ1) is 13.2.